The van der Waals surface area contributed by atoms with Crippen LogP contribution < -0.4 is 9.64 Å². The first-order chi connectivity index (χ1) is 13.2. The molecule has 8 heteroatoms. The van der Waals surface area contributed by atoms with Gasteiger partial charge in [0.25, 0.3) is 0 Å². The summed E-state index contributed by atoms with van der Waals surface area (Å²) in [5.74, 6) is 1.25. The second kappa shape index (κ2) is 7.24. The minimum atomic E-state index is -0.797. The van der Waals surface area contributed by atoms with E-state index in [1.807, 2.05) is 24.3 Å². The van der Waals surface area contributed by atoms with E-state index in [-0.39, 0.29) is 5.91 Å². The maximum Gasteiger partial charge on any atom is 0.247 e. The van der Waals surface area contributed by atoms with Crippen LogP contribution in [0.3, 0.4) is 0 Å². The van der Waals surface area contributed by atoms with Crippen LogP contribution in [-0.2, 0) is 4.79 Å². The molecule has 4 rings (SSSR count). The fraction of sp³-hybridized carbons (Fsp3) is 0.158. The number of hydrogen-bond acceptors (Lipinski definition) is 7. The highest BCUT2D eigenvalue weighted by atomic mass is 32.2. The average molecular weight is 380 g/mol. The maximum atomic E-state index is 12.5. The molecule has 3 heterocycles. The molecule has 3 aromatic rings. The van der Waals surface area contributed by atoms with Gasteiger partial charge in [-0.3, -0.25) is 9.69 Å². The van der Waals surface area contributed by atoms with Gasteiger partial charge in [0, 0.05) is 18.2 Å². The standard InChI is InChI=1S/C19H16N4O3S/c1-3-11-27-19-20-17-16(21-22-19)13-7-4-5-8-14(13)23(12(2)24)18(26-17)15-9-6-10-25-15/h3-10,18H,1,11H2,2H3/t18-/m0/s1. The molecule has 0 bridgehead atoms. The molecule has 0 aliphatic carbocycles. The molecule has 1 aliphatic heterocycles. The first-order valence-electron chi connectivity index (χ1n) is 8.26. The number of carbonyl (C=O) groups is 1. The summed E-state index contributed by atoms with van der Waals surface area (Å²) in [7, 11) is 0. The van der Waals surface area contributed by atoms with E-state index in [0.717, 1.165) is 5.56 Å². The number of anilines is 1. The number of para-hydroxylation sites is 1. The molecule has 0 N–H and O–H groups in total. The lowest BCUT2D eigenvalue weighted by Crippen LogP contribution is -2.35. The number of carbonyl (C=O) groups excluding carboxylic acids is 1. The summed E-state index contributed by atoms with van der Waals surface area (Å²) in [6, 6.07) is 10.9. The zero-order chi connectivity index (χ0) is 18.8. The molecule has 0 unspecified atom stereocenters. The zero-order valence-corrected chi connectivity index (χ0v) is 15.3. The number of fused-ring (bicyclic) bond motifs is 3. The molecule has 0 saturated carbocycles. The second-order valence-corrected chi connectivity index (χ2v) is 6.73. The first kappa shape index (κ1) is 17.3. The highest BCUT2D eigenvalue weighted by Gasteiger charge is 2.35. The molecule has 2 aromatic heterocycles. The predicted octanol–water partition coefficient (Wildman–Crippen LogP) is 3.85. The van der Waals surface area contributed by atoms with E-state index in [9.17, 15) is 4.79 Å². The van der Waals surface area contributed by atoms with Crippen molar-refractivity contribution in [1.82, 2.24) is 15.2 Å². The van der Waals surface area contributed by atoms with Crippen molar-refractivity contribution in [2.24, 2.45) is 0 Å². The van der Waals surface area contributed by atoms with Crippen LogP contribution >= 0.6 is 11.8 Å². The number of aromatic nitrogens is 3. The number of nitrogens with zero attached hydrogens (tertiary/aromatic N) is 4. The normalized spacial score (nSPS) is 15.3. The summed E-state index contributed by atoms with van der Waals surface area (Å²) in [6.07, 6.45) is 2.51. The number of rotatable bonds is 4. The van der Waals surface area contributed by atoms with E-state index < -0.39 is 6.23 Å². The molecule has 0 saturated heterocycles. The second-order valence-electron chi connectivity index (χ2n) is 5.74. The fourth-order valence-corrected chi connectivity index (χ4v) is 3.38. The Labute approximate surface area is 160 Å². The van der Waals surface area contributed by atoms with Crippen molar-refractivity contribution >= 4 is 23.4 Å². The average Bonchev–Trinajstić information content (AvgIpc) is 3.16. The van der Waals surface area contributed by atoms with E-state index in [1.54, 1.807) is 18.2 Å². The van der Waals surface area contributed by atoms with E-state index in [0.29, 0.717) is 33.9 Å². The molecular weight excluding hydrogens is 364 g/mol. The number of furan rings is 1. The molecular formula is C19H16N4O3S. The minimum absolute atomic E-state index is 0.189. The molecule has 1 atom stereocenters. The van der Waals surface area contributed by atoms with Crippen molar-refractivity contribution in [3.05, 3.63) is 61.1 Å². The summed E-state index contributed by atoms with van der Waals surface area (Å²) >= 11 is 1.40. The van der Waals surface area contributed by atoms with Gasteiger partial charge in [-0.15, -0.1) is 16.8 Å². The predicted molar refractivity (Wildman–Crippen MR) is 101 cm³/mol. The van der Waals surface area contributed by atoms with Crippen LogP contribution in [0.15, 0.2) is 64.9 Å². The Morgan fingerprint density at radius 3 is 2.89 bits per heavy atom. The Hall–Kier alpha value is -3.13. The molecule has 1 aliphatic rings. The molecule has 1 amide bonds. The van der Waals surface area contributed by atoms with Gasteiger partial charge in [0.15, 0.2) is 11.5 Å². The summed E-state index contributed by atoms with van der Waals surface area (Å²) in [5, 5.41) is 8.97. The van der Waals surface area contributed by atoms with Crippen molar-refractivity contribution in [2.45, 2.75) is 18.3 Å². The quantitative estimate of drug-likeness (QED) is 0.502. The van der Waals surface area contributed by atoms with Gasteiger partial charge in [0.05, 0.1) is 12.0 Å². The summed E-state index contributed by atoms with van der Waals surface area (Å²) < 4.78 is 11.7. The smallest absolute Gasteiger partial charge is 0.247 e. The lowest BCUT2D eigenvalue weighted by atomic mass is 10.1. The minimum Gasteiger partial charge on any atom is -0.463 e. The third kappa shape index (κ3) is 3.19. The van der Waals surface area contributed by atoms with Crippen LogP contribution in [0.2, 0.25) is 0 Å². The Bertz CT molecular complexity index is 990. The van der Waals surface area contributed by atoms with Crippen LogP contribution in [0.1, 0.15) is 18.9 Å². The van der Waals surface area contributed by atoms with Crippen LogP contribution in [0.4, 0.5) is 5.69 Å². The zero-order valence-electron chi connectivity index (χ0n) is 14.5. The number of ether oxygens (including phenoxy) is 1. The summed E-state index contributed by atoms with van der Waals surface area (Å²) in [6.45, 7) is 5.18. The Morgan fingerprint density at radius 2 is 2.15 bits per heavy atom. The van der Waals surface area contributed by atoms with Crippen LogP contribution in [0.25, 0.3) is 11.3 Å². The van der Waals surface area contributed by atoms with Gasteiger partial charge in [-0.1, -0.05) is 36.0 Å². The largest absolute Gasteiger partial charge is 0.463 e. The van der Waals surface area contributed by atoms with Gasteiger partial charge < -0.3 is 9.15 Å². The van der Waals surface area contributed by atoms with Crippen molar-refractivity contribution in [2.75, 3.05) is 10.7 Å². The van der Waals surface area contributed by atoms with E-state index in [1.165, 1.54) is 29.8 Å². The Kier molecular flexibility index (Phi) is 4.64. The van der Waals surface area contributed by atoms with Crippen LogP contribution in [0.5, 0.6) is 5.88 Å². The Morgan fingerprint density at radius 1 is 1.30 bits per heavy atom. The fourth-order valence-electron chi connectivity index (χ4n) is 2.86. The lowest BCUT2D eigenvalue weighted by molar-refractivity contribution is -0.118. The van der Waals surface area contributed by atoms with Crippen LogP contribution in [0, 0.1) is 0 Å². The third-order valence-electron chi connectivity index (χ3n) is 3.97. The molecule has 27 heavy (non-hydrogen) atoms. The summed E-state index contributed by atoms with van der Waals surface area (Å²) in [5.41, 5.74) is 1.86. The molecule has 7 nitrogen and oxygen atoms in total. The number of hydrogen-bond donors (Lipinski definition) is 0. The van der Waals surface area contributed by atoms with Gasteiger partial charge in [-0.05, 0) is 18.2 Å². The Balaban J connectivity index is 1.90. The number of thioether (sulfide) groups is 1. The third-order valence-corrected chi connectivity index (χ3v) is 4.80. The van der Waals surface area contributed by atoms with Crippen molar-refractivity contribution in [1.29, 1.82) is 0 Å². The highest BCUT2D eigenvalue weighted by Crippen LogP contribution is 2.43. The first-order valence-corrected chi connectivity index (χ1v) is 9.25. The van der Waals surface area contributed by atoms with Gasteiger partial charge in [-0.25, -0.2) is 0 Å². The number of amides is 1. The molecule has 0 radical (unpaired) electrons. The maximum absolute atomic E-state index is 12.5. The lowest BCUT2D eigenvalue weighted by Gasteiger charge is -2.28. The van der Waals surface area contributed by atoms with Crippen molar-refractivity contribution < 1.29 is 13.9 Å². The SMILES string of the molecule is C=CCSc1nnc2c(n1)O[C@@H](c1ccco1)N(C(C)=O)c1ccccc1-2. The topological polar surface area (TPSA) is 81.3 Å². The molecule has 136 valence electrons. The van der Waals surface area contributed by atoms with E-state index in [4.69, 9.17) is 9.15 Å². The van der Waals surface area contributed by atoms with Gasteiger partial charge in [0.1, 0.15) is 0 Å². The van der Waals surface area contributed by atoms with E-state index in [2.05, 4.69) is 21.8 Å². The van der Waals surface area contributed by atoms with Gasteiger partial charge in [0.2, 0.25) is 23.2 Å². The highest BCUT2D eigenvalue weighted by molar-refractivity contribution is 7.99. The van der Waals surface area contributed by atoms with Gasteiger partial charge in [-0.2, -0.15) is 4.98 Å². The van der Waals surface area contributed by atoms with Gasteiger partial charge >= 0.3 is 0 Å². The molecule has 0 spiro atoms. The summed E-state index contributed by atoms with van der Waals surface area (Å²) in [4.78, 5) is 18.6. The molecule has 0 fully saturated rings. The monoisotopic (exact) mass is 380 g/mol. The van der Waals surface area contributed by atoms with E-state index >= 15 is 0 Å². The van der Waals surface area contributed by atoms with Crippen LogP contribution in [-0.4, -0.2) is 26.8 Å². The number of benzene rings is 1. The van der Waals surface area contributed by atoms with Crippen molar-refractivity contribution in [3.63, 3.8) is 0 Å². The molecule has 1 aromatic carbocycles. The van der Waals surface area contributed by atoms with Crippen molar-refractivity contribution in [3.8, 4) is 17.1 Å².